The smallest absolute Gasteiger partial charge is 0.319 e. The third kappa shape index (κ3) is 5.79. The van der Waals surface area contributed by atoms with E-state index in [9.17, 15) is 9.59 Å². The molecule has 0 bridgehead atoms. The predicted octanol–water partition coefficient (Wildman–Crippen LogP) is 3.13. The molecule has 0 unspecified atom stereocenters. The highest BCUT2D eigenvalue weighted by atomic mass is 16.3. The fourth-order valence-corrected chi connectivity index (χ4v) is 2.26. The Balaban J connectivity index is 1.91. The molecule has 1 heterocycles. The minimum absolute atomic E-state index is 0.233. The summed E-state index contributed by atoms with van der Waals surface area (Å²) in [5.41, 5.74) is 0.675. The van der Waals surface area contributed by atoms with Crippen molar-refractivity contribution in [2.75, 3.05) is 5.32 Å². The Morgan fingerprint density at radius 3 is 2.46 bits per heavy atom. The minimum Gasteiger partial charge on any atom is -0.467 e. The van der Waals surface area contributed by atoms with Crippen LogP contribution in [0.1, 0.15) is 26.0 Å². The molecule has 0 radical (unpaired) electrons. The van der Waals surface area contributed by atoms with E-state index in [0.717, 1.165) is 0 Å². The molecule has 0 fully saturated rings. The van der Waals surface area contributed by atoms with Crippen LogP contribution < -0.4 is 16.0 Å². The molecule has 0 saturated heterocycles. The van der Waals surface area contributed by atoms with Gasteiger partial charge in [-0.2, -0.15) is 0 Å². The maximum absolute atomic E-state index is 12.4. The summed E-state index contributed by atoms with van der Waals surface area (Å²) in [6, 6.07) is 11.6. The van der Waals surface area contributed by atoms with Crippen LogP contribution >= 0.6 is 0 Å². The molecule has 0 spiro atoms. The Labute approximate surface area is 141 Å². The third-order valence-electron chi connectivity index (χ3n) is 3.38. The molecule has 128 valence electrons. The van der Waals surface area contributed by atoms with E-state index in [1.54, 1.807) is 30.5 Å². The first-order valence-corrected chi connectivity index (χ1v) is 7.97. The Morgan fingerprint density at radius 1 is 1.08 bits per heavy atom. The van der Waals surface area contributed by atoms with Gasteiger partial charge in [0.1, 0.15) is 11.8 Å². The van der Waals surface area contributed by atoms with E-state index in [1.165, 1.54) is 0 Å². The summed E-state index contributed by atoms with van der Waals surface area (Å²) in [7, 11) is 0. The second-order valence-corrected chi connectivity index (χ2v) is 5.94. The fourth-order valence-electron chi connectivity index (χ4n) is 2.26. The van der Waals surface area contributed by atoms with Crippen LogP contribution in [0, 0.1) is 5.92 Å². The van der Waals surface area contributed by atoms with Crippen LogP contribution in [0.15, 0.2) is 53.1 Å². The van der Waals surface area contributed by atoms with Gasteiger partial charge in [-0.1, -0.05) is 32.0 Å². The van der Waals surface area contributed by atoms with E-state index in [2.05, 4.69) is 16.0 Å². The molecule has 1 aromatic heterocycles. The van der Waals surface area contributed by atoms with Gasteiger partial charge in [0.2, 0.25) is 5.91 Å². The zero-order valence-electron chi connectivity index (χ0n) is 13.9. The first kappa shape index (κ1) is 17.6. The summed E-state index contributed by atoms with van der Waals surface area (Å²) >= 11 is 0. The lowest BCUT2D eigenvalue weighted by atomic mass is 10.0. The number of hydrogen-bond donors (Lipinski definition) is 3. The second-order valence-electron chi connectivity index (χ2n) is 5.94. The Morgan fingerprint density at radius 2 is 1.83 bits per heavy atom. The summed E-state index contributed by atoms with van der Waals surface area (Å²) in [4.78, 5) is 24.5. The van der Waals surface area contributed by atoms with Gasteiger partial charge in [0, 0.05) is 5.69 Å². The van der Waals surface area contributed by atoms with Crippen LogP contribution in [0.5, 0.6) is 0 Å². The summed E-state index contributed by atoms with van der Waals surface area (Å²) in [5, 5.41) is 8.24. The number of carbonyl (C=O) groups is 2. The number of urea groups is 1. The molecule has 6 heteroatoms. The molecule has 0 aliphatic carbocycles. The molecule has 0 saturated carbocycles. The molecule has 2 aromatic rings. The summed E-state index contributed by atoms with van der Waals surface area (Å²) in [6.07, 6.45) is 2.10. The van der Waals surface area contributed by atoms with E-state index in [4.69, 9.17) is 4.42 Å². The average Bonchev–Trinajstić information content (AvgIpc) is 3.06. The first-order valence-electron chi connectivity index (χ1n) is 7.97. The third-order valence-corrected chi connectivity index (χ3v) is 3.38. The van der Waals surface area contributed by atoms with Crippen molar-refractivity contribution in [1.82, 2.24) is 10.6 Å². The molecule has 24 heavy (non-hydrogen) atoms. The summed E-state index contributed by atoms with van der Waals surface area (Å²) < 4.78 is 5.19. The summed E-state index contributed by atoms with van der Waals surface area (Å²) in [5.74, 6) is 0.699. The molecule has 1 atom stereocenters. The lowest BCUT2D eigenvalue weighted by Crippen LogP contribution is -2.48. The van der Waals surface area contributed by atoms with Crippen molar-refractivity contribution >= 4 is 17.6 Å². The quantitative estimate of drug-likeness (QED) is 0.730. The van der Waals surface area contributed by atoms with Gasteiger partial charge in [0.15, 0.2) is 0 Å². The molecule has 1 aromatic carbocycles. The maximum Gasteiger partial charge on any atom is 0.319 e. The van der Waals surface area contributed by atoms with E-state index < -0.39 is 12.1 Å². The van der Waals surface area contributed by atoms with Gasteiger partial charge >= 0.3 is 6.03 Å². The topological polar surface area (TPSA) is 83.4 Å². The monoisotopic (exact) mass is 329 g/mol. The molecule has 0 aliphatic heterocycles. The number of rotatable bonds is 7. The number of hydrogen-bond acceptors (Lipinski definition) is 3. The summed E-state index contributed by atoms with van der Waals surface area (Å²) in [6.45, 7) is 4.30. The molecular weight excluding hydrogens is 306 g/mol. The van der Waals surface area contributed by atoms with Crippen molar-refractivity contribution in [1.29, 1.82) is 0 Å². The van der Waals surface area contributed by atoms with Crippen molar-refractivity contribution in [3.8, 4) is 0 Å². The van der Waals surface area contributed by atoms with Gasteiger partial charge in [-0.15, -0.1) is 0 Å². The Bertz CT molecular complexity index is 639. The maximum atomic E-state index is 12.4. The lowest BCUT2D eigenvalue weighted by Gasteiger charge is -2.20. The van der Waals surface area contributed by atoms with Gasteiger partial charge < -0.3 is 20.4 Å². The van der Waals surface area contributed by atoms with Crippen molar-refractivity contribution in [2.24, 2.45) is 5.92 Å². The Kier molecular flexibility index (Phi) is 6.42. The van der Waals surface area contributed by atoms with E-state index >= 15 is 0 Å². The highest BCUT2D eigenvalue weighted by molar-refractivity contribution is 5.93. The lowest BCUT2D eigenvalue weighted by molar-refractivity contribution is -0.123. The normalized spacial score (nSPS) is 11.8. The minimum atomic E-state index is -0.608. The van der Waals surface area contributed by atoms with Gasteiger partial charge in [0.05, 0.1) is 12.8 Å². The Hall–Kier alpha value is -2.76. The van der Waals surface area contributed by atoms with Gasteiger partial charge in [-0.3, -0.25) is 4.79 Å². The molecule has 0 aliphatic rings. The van der Waals surface area contributed by atoms with Crippen molar-refractivity contribution in [3.05, 3.63) is 54.5 Å². The average molecular weight is 329 g/mol. The molecule has 3 amide bonds. The van der Waals surface area contributed by atoms with Gasteiger partial charge in [-0.25, -0.2) is 4.79 Å². The van der Waals surface area contributed by atoms with Crippen molar-refractivity contribution in [2.45, 2.75) is 32.9 Å². The molecular formula is C18H23N3O3. The highest BCUT2D eigenvalue weighted by Crippen LogP contribution is 2.08. The first-order chi connectivity index (χ1) is 11.5. The predicted molar refractivity (Wildman–Crippen MR) is 92.4 cm³/mol. The second kappa shape index (κ2) is 8.76. The standard InChI is InChI=1S/C18H23N3O3/c1-13(2)11-16(17(22)19-12-15-9-6-10-24-15)21-18(23)20-14-7-4-3-5-8-14/h3-10,13,16H,11-12H2,1-2H3,(H,19,22)(H2,20,21,23)/t16-/m1/s1. The molecule has 2 rings (SSSR count). The fraction of sp³-hybridized carbons (Fsp3) is 0.333. The van der Waals surface area contributed by atoms with Gasteiger partial charge in [-0.05, 0) is 36.6 Å². The van der Waals surface area contributed by atoms with Gasteiger partial charge in [0.25, 0.3) is 0 Å². The van der Waals surface area contributed by atoms with Crippen LogP contribution in [0.4, 0.5) is 10.5 Å². The van der Waals surface area contributed by atoms with Crippen LogP contribution in [-0.2, 0) is 11.3 Å². The number of amides is 3. The molecule has 3 N–H and O–H groups in total. The number of furan rings is 1. The highest BCUT2D eigenvalue weighted by Gasteiger charge is 2.22. The largest absolute Gasteiger partial charge is 0.467 e. The van der Waals surface area contributed by atoms with Crippen LogP contribution in [0.3, 0.4) is 0 Å². The van der Waals surface area contributed by atoms with Crippen molar-refractivity contribution in [3.63, 3.8) is 0 Å². The van der Waals surface area contributed by atoms with E-state index in [1.807, 2.05) is 32.0 Å². The van der Waals surface area contributed by atoms with Crippen LogP contribution in [0.25, 0.3) is 0 Å². The zero-order chi connectivity index (χ0) is 17.4. The van der Waals surface area contributed by atoms with E-state index in [-0.39, 0.29) is 11.8 Å². The van der Waals surface area contributed by atoms with E-state index in [0.29, 0.717) is 24.4 Å². The number of carbonyl (C=O) groups excluding carboxylic acids is 2. The molecule has 6 nitrogen and oxygen atoms in total. The number of para-hydroxylation sites is 1. The SMILES string of the molecule is CC(C)C[C@@H](NC(=O)Nc1ccccc1)C(=O)NCc1ccco1. The van der Waals surface area contributed by atoms with Crippen LogP contribution in [-0.4, -0.2) is 18.0 Å². The van der Waals surface area contributed by atoms with Crippen molar-refractivity contribution < 1.29 is 14.0 Å². The number of benzene rings is 1. The number of nitrogens with one attached hydrogen (secondary N) is 3. The van der Waals surface area contributed by atoms with Crippen LogP contribution in [0.2, 0.25) is 0 Å². The number of anilines is 1. The zero-order valence-corrected chi connectivity index (χ0v) is 13.9.